The molecule has 29 heteroatoms. The maximum absolute atomic E-state index is 13.3. The molecule has 0 aliphatic carbocycles. The minimum atomic E-state index is -1.94. The van der Waals surface area contributed by atoms with E-state index in [2.05, 4.69) is 0 Å². The zero-order valence-corrected chi connectivity index (χ0v) is 41.0. The Kier molecular flexibility index (Phi) is 10.8. The summed E-state index contributed by atoms with van der Waals surface area (Å²) in [7, 11) is 0. The van der Waals surface area contributed by atoms with Gasteiger partial charge < -0.3 is 148 Å². The van der Waals surface area contributed by atoms with Crippen molar-refractivity contribution >= 4 is 53.9 Å². The summed E-state index contributed by atoms with van der Waals surface area (Å²) in [6.07, 6.45) is 0. The Hall–Kier alpha value is -12.3. The number of phenolic OH excluding ortho intramolecular Hbond substituents is 29. The van der Waals surface area contributed by atoms with Crippen molar-refractivity contribution < 1.29 is 148 Å². The molecule has 0 radical (unpaired) electrons. The molecule has 0 unspecified atom stereocenters. The van der Waals surface area contributed by atoms with Crippen molar-refractivity contribution in [2.45, 2.75) is 20.8 Å². The third kappa shape index (κ3) is 6.02. The maximum atomic E-state index is 13.3. The monoisotopic (exact) mass is 1140 g/mol. The van der Waals surface area contributed by atoms with E-state index in [4.69, 9.17) is 0 Å². The first-order valence-electron chi connectivity index (χ1n) is 22.7. The lowest BCUT2D eigenvalue weighted by Crippen LogP contribution is -2.00. The number of aryl methyl sites for hydroxylation is 1. The first-order chi connectivity index (χ1) is 38.1. The largest absolute Gasteiger partial charge is 0.507 e. The fourth-order valence-corrected chi connectivity index (χ4v) is 10.8. The Morgan fingerprint density at radius 3 is 0.707 bits per heavy atom. The predicted molar refractivity (Wildman–Crippen MR) is 278 cm³/mol. The van der Waals surface area contributed by atoms with Crippen molar-refractivity contribution in [3.63, 3.8) is 0 Å². The van der Waals surface area contributed by atoms with E-state index >= 15 is 0 Å². The van der Waals surface area contributed by atoms with Crippen LogP contribution in [0.25, 0.3) is 98.4 Å². The Balaban J connectivity index is 1.62. The molecular weight excluding hydrogens is 1100 g/mol. The Morgan fingerprint density at radius 1 is 0.110 bits per heavy atom. The zero-order valence-electron chi connectivity index (χ0n) is 41.0. The average Bonchev–Trinajstić information content (AvgIpc) is 0.928. The zero-order chi connectivity index (χ0) is 60.9. The summed E-state index contributed by atoms with van der Waals surface area (Å²) >= 11 is 0. The van der Waals surface area contributed by atoms with Crippen LogP contribution in [-0.4, -0.2) is 148 Å². The number of fused-ring (bicyclic) bond motifs is 5. The van der Waals surface area contributed by atoms with Crippen LogP contribution in [0.15, 0.2) is 0 Å². The van der Waals surface area contributed by atoms with E-state index in [9.17, 15) is 148 Å². The summed E-state index contributed by atoms with van der Waals surface area (Å²) in [5.74, 6) is -47.5. The van der Waals surface area contributed by atoms with Crippen LogP contribution in [0.2, 0.25) is 0 Å². The molecule has 10 rings (SSSR count). The van der Waals surface area contributed by atoms with E-state index in [0.717, 1.165) is 20.8 Å². The van der Waals surface area contributed by atoms with Gasteiger partial charge in [0.2, 0.25) is 57.5 Å². The molecule has 0 heterocycles. The highest BCUT2D eigenvalue weighted by Gasteiger charge is 2.42. The van der Waals surface area contributed by atoms with Crippen LogP contribution in [0.1, 0.15) is 16.7 Å². The van der Waals surface area contributed by atoms with Crippen LogP contribution in [0, 0.1) is 20.8 Å². The Morgan fingerprint density at radius 2 is 0.317 bits per heavy atom. The SMILES string of the molecule is Cc1c(-c2c(C)c(O)c(O)c3c(C)c(O)c(O)c(O)c23)c(O)c2c(-c3c(O)c(O)c(O)c(-c4c(O)c(O)c(O)c5c(O)c(O)c(O)c(O)c45)c3O)c3c(O)c(O)c(O)c(O)c3c(-c3c(O)c(O)c(O)c4c(O)c(O)c(O)c(O)c34)c2c1O. The Bertz CT molecular complexity index is 4730. The van der Waals surface area contributed by atoms with Gasteiger partial charge in [-0.05, 0) is 20.8 Å². The van der Waals surface area contributed by atoms with Crippen molar-refractivity contribution in [2.75, 3.05) is 0 Å². The topological polar surface area (TPSA) is 587 Å². The van der Waals surface area contributed by atoms with E-state index < -0.39 is 282 Å². The lowest BCUT2D eigenvalue weighted by atomic mass is 9.78. The molecule has 0 bridgehead atoms. The van der Waals surface area contributed by atoms with E-state index in [0.29, 0.717) is 0 Å². The normalized spacial score (nSPS) is 11.8. The van der Waals surface area contributed by atoms with Crippen molar-refractivity contribution in [2.24, 2.45) is 0 Å². The fourth-order valence-electron chi connectivity index (χ4n) is 10.8. The molecular formula is C53H38O29. The first-order valence-corrected chi connectivity index (χ1v) is 22.7. The van der Waals surface area contributed by atoms with Gasteiger partial charge in [0.15, 0.2) is 92.0 Å². The second-order valence-electron chi connectivity index (χ2n) is 18.7. The summed E-state index contributed by atoms with van der Waals surface area (Å²) < 4.78 is 0. The molecule has 10 aromatic rings. The Labute approximate surface area is 449 Å². The molecule has 424 valence electrons. The molecule has 0 aromatic heterocycles. The predicted octanol–water partition coefficient (Wildman–Crippen LogP) is 6.51. The standard InChI is InChI=1S/C53H38O29/c1-4-7(12-9(30(59)26(4)55)6(3)27(56)44(73)31(12)60)8-5(2)25(54)13-10(16-18-23(40(69)45(74)32(16)61)42(71)52(81)50(79)36(18)65)15-17(34(63)49(78)48(77)33(15)62)11(14(13)28(8)57)21-29(58)22(39(68)47(76)38(21)67)19-20-24(41(70)46(75)35(19)64)43(72)53(82)51(80)37(20)66/h54-82H,1-3H3. The molecule has 0 saturated carbocycles. The van der Waals surface area contributed by atoms with Gasteiger partial charge in [-0.15, -0.1) is 0 Å². The maximum Gasteiger partial charge on any atom is 0.205 e. The summed E-state index contributed by atoms with van der Waals surface area (Å²) in [4.78, 5) is 0. The number of aromatic hydroxyl groups is 29. The number of phenols is 29. The number of hydrogen-bond donors (Lipinski definition) is 29. The van der Waals surface area contributed by atoms with E-state index in [1.807, 2.05) is 0 Å². The highest BCUT2D eigenvalue weighted by molar-refractivity contribution is 6.34. The van der Waals surface area contributed by atoms with Crippen LogP contribution in [-0.2, 0) is 0 Å². The summed E-state index contributed by atoms with van der Waals surface area (Å²) in [5.41, 5.74) is -12.8. The lowest BCUT2D eigenvalue weighted by molar-refractivity contribution is 0.346. The van der Waals surface area contributed by atoms with Crippen LogP contribution in [0.5, 0.6) is 167 Å². The van der Waals surface area contributed by atoms with E-state index in [1.165, 1.54) is 0 Å². The average molecular weight is 1140 g/mol. The highest BCUT2D eigenvalue weighted by Crippen LogP contribution is 2.70. The van der Waals surface area contributed by atoms with Gasteiger partial charge in [-0.2, -0.15) is 0 Å². The van der Waals surface area contributed by atoms with Gasteiger partial charge >= 0.3 is 0 Å². The van der Waals surface area contributed by atoms with Gasteiger partial charge in [-0.3, -0.25) is 0 Å². The minimum absolute atomic E-state index is 0.501. The first kappa shape index (κ1) is 53.1. The summed E-state index contributed by atoms with van der Waals surface area (Å²) in [5, 5.41) is 321. The van der Waals surface area contributed by atoms with Crippen molar-refractivity contribution in [3.8, 4) is 211 Å². The molecule has 0 aliphatic heterocycles. The quantitative estimate of drug-likeness (QED) is 0.0507. The smallest absolute Gasteiger partial charge is 0.205 e. The van der Waals surface area contributed by atoms with Gasteiger partial charge in [-0.1, -0.05) is 0 Å². The number of hydrogen-bond acceptors (Lipinski definition) is 29. The van der Waals surface area contributed by atoms with Crippen LogP contribution >= 0.6 is 0 Å². The minimum Gasteiger partial charge on any atom is -0.507 e. The summed E-state index contributed by atoms with van der Waals surface area (Å²) in [6.45, 7) is 2.92. The van der Waals surface area contributed by atoms with Gasteiger partial charge in [0, 0.05) is 93.2 Å². The molecule has 82 heavy (non-hydrogen) atoms. The van der Waals surface area contributed by atoms with Crippen molar-refractivity contribution in [1.29, 1.82) is 0 Å². The van der Waals surface area contributed by atoms with E-state index in [-0.39, 0.29) is 0 Å². The molecule has 29 N–H and O–H groups in total. The van der Waals surface area contributed by atoms with Gasteiger partial charge in [0.25, 0.3) is 0 Å². The van der Waals surface area contributed by atoms with Crippen LogP contribution in [0.4, 0.5) is 0 Å². The fraction of sp³-hybridized carbons (Fsp3) is 0.0566. The second kappa shape index (κ2) is 16.6. The molecule has 0 fully saturated rings. The van der Waals surface area contributed by atoms with Crippen LogP contribution in [0.3, 0.4) is 0 Å². The number of rotatable bonds is 4. The molecule has 10 aromatic carbocycles. The summed E-state index contributed by atoms with van der Waals surface area (Å²) in [6, 6.07) is 0. The molecule has 0 saturated heterocycles. The third-order valence-corrected chi connectivity index (χ3v) is 14.7. The van der Waals surface area contributed by atoms with Crippen molar-refractivity contribution in [1.82, 2.24) is 0 Å². The second-order valence-corrected chi connectivity index (χ2v) is 18.7. The lowest BCUT2D eigenvalue weighted by Gasteiger charge is -2.27. The van der Waals surface area contributed by atoms with Gasteiger partial charge in [0.1, 0.15) is 17.2 Å². The molecule has 0 spiro atoms. The van der Waals surface area contributed by atoms with E-state index in [1.54, 1.807) is 0 Å². The van der Waals surface area contributed by atoms with Gasteiger partial charge in [-0.25, -0.2) is 0 Å². The van der Waals surface area contributed by atoms with Crippen LogP contribution < -0.4 is 0 Å². The third-order valence-electron chi connectivity index (χ3n) is 14.7. The molecule has 0 amide bonds. The number of benzene rings is 10. The molecule has 29 nitrogen and oxygen atoms in total. The highest BCUT2D eigenvalue weighted by atomic mass is 16.4. The van der Waals surface area contributed by atoms with Crippen molar-refractivity contribution in [3.05, 3.63) is 16.7 Å². The van der Waals surface area contributed by atoms with Gasteiger partial charge in [0.05, 0.1) is 21.9 Å². The molecule has 0 aliphatic rings. The molecule has 0 atom stereocenters.